The highest BCUT2D eigenvalue weighted by Crippen LogP contribution is 2.65. The minimum absolute atomic E-state index is 0.474. The number of hydrogen-bond donors (Lipinski definition) is 0. The van der Waals surface area contributed by atoms with Crippen LogP contribution >= 0.6 is 0 Å². The molecule has 0 saturated carbocycles. The van der Waals surface area contributed by atoms with Gasteiger partial charge in [-0.25, -0.2) is 0 Å². The van der Waals surface area contributed by atoms with Gasteiger partial charge in [0.05, 0.1) is 16.8 Å². The van der Waals surface area contributed by atoms with E-state index in [1.54, 1.807) is 0 Å². The molecule has 0 unspecified atom stereocenters. The van der Waals surface area contributed by atoms with E-state index >= 15 is 0 Å². The van der Waals surface area contributed by atoms with Crippen molar-refractivity contribution in [2.24, 2.45) is 0 Å². The first-order chi connectivity index (χ1) is 35.2. The highest BCUT2D eigenvalue weighted by atomic mass is 16.3. The highest BCUT2D eigenvalue weighted by Gasteiger charge is 2.52. The van der Waals surface area contributed by atoms with Gasteiger partial charge in [-0.15, -0.1) is 0 Å². The van der Waals surface area contributed by atoms with Crippen LogP contribution in [0.4, 0.5) is 17.1 Å². The summed E-state index contributed by atoms with van der Waals surface area (Å²) in [4.78, 5) is 2.51. The van der Waals surface area contributed by atoms with Crippen LogP contribution in [0.3, 0.4) is 0 Å². The van der Waals surface area contributed by atoms with E-state index in [1.807, 2.05) is 0 Å². The second-order valence-electron chi connectivity index (χ2n) is 19.1. The van der Waals surface area contributed by atoms with Crippen molar-refractivity contribution >= 4 is 60.5 Å². The van der Waals surface area contributed by atoms with Crippen LogP contribution in [0.2, 0.25) is 0 Å². The van der Waals surface area contributed by atoms with Gasteiger partial charge in [-0.3, -0.25) is 0 Å². The zero-order valence-corrected chi connectivity index (χ0v) is 38.7. The molecule has 13 aromatic rings. The Morgan fingerprint density at radius 1 is 0.296 bits per heavy atom. The van der Waals surface area contributed by atoms with Crippen molar-refractivity contribution in [2.75, 3.05) is 4.90 Å². The van der Waals surface area contributed by atoms with Gasteiger partial charge in [-0.1, -0.05) is 206 Å². The maximum absolute atomic E-state index is 6.64. The lowest BCUT2D eigenvalue weighted by atomic mass is 9.70. The van der Waals surface area contributed by atoms with Crippen LogP contribution in [-0.4, -0.2) is 0 Å². The summed E-state index contributed by atoms with van der Waals surface area (Å²) in [5.41, 5.74) is 22.0. The molecular weight excluding hydrogens is 859 g/mol. The second-order valence-corrected chi connectivity index (χ2v) is 19.1. The molecule has 1 aromatic heterocycles. The van der Waals surface area contributed by atoms with Crippen LogP contribution in [0, 0.1) is 0 Å². The first-order valence-corrected chi connectivity index (χ1v) is 24.6. The van der Waals surface area contributed by atoms with Crippen LogP contribution in [0.25, 0.3) is 99.1 Å². The first kappa shape index (κ1) is 39.7. The first-order valence-electron chi connectivity index (χ1n) is 24.6. The molecule has 1 heterocycles. The average Bonchev–Trinajstić information content (AvgIpc) is 4.08. The molecule has 0 saturated heterocycles. The fourth-order valence-electron chi connectivity index (χ4n) is 12.4. The van der Waals surface area contributed by atoms with Crippen molar-refractivity contribution in [1.82, 2.24) is 0 Å². The molecule has 2 heteroatoms. The lowest BCUT2D eigenvalue weighted by molar-refractivity contribution is 0.672. The van der Waals surface area contributed by atoms with Crippen molar-refractivity contribution < 1.29 is 4.42 Å². The maximum Gasteiger partial charge on any atom is 0.143 e. The normalized spacial score (nSPS) is 12.9. The van der Waals surface area contributed by atoms with E-state index in [0.717, 1.165) is 61.1 Å². The predicted molar refractivity (Wildman–Crippen MR) is 296 cm³/mol. The van der Waals surface area contributed by atoms with Gasteiger partial charge in [-0.05, 0) is 138 Å². The van der Waals surface area contributed by atoms with Crippen LogP contribution in [-0.2, 0) is 5.41 Å². The fraction of sp³-hybridized carbons (Fsp3) is 0.0145. The largest absolute Gasteiger partial charge is 0.455 e. The summed E-state index contributed by atoms with van der Waals surface area (Å²) in [5.74, 6) is 0. The number of fused-ring (bicyclic) bond motifs is 16. The molecule has 0 fully saturated rings. The third kappa shape index (κ3) is 5.83. The summed E-state index contributed by atoms with van der Waals surface area (Å²) in [6.07, 6.45) is 0. The lowest BCUT2D eigenvalue weighted by Gasteiger charge is -2.32. The smallest absolute Gasteiger partial charge is 0.143 e. The van der Waals surface area contributed by atoms with Gasteiger partial charge in [0, 0.05) is 33.0 Å². The summed E-state index contributed by atoms with van der Waals surface area (Å²) in [6, 6.07) is 96.2. The Morgan fingerprint density at radius 3 is 1.63 bits per heavy atom. The Bertz CT molecular complexity index is 4260. The number of hydrogen-bond acceptors (Lipinski definition) is 2. The van der Waals surface area contributed by atoms with Crippen LogP contribution in [0.5, 0.6) is 0 Å². The molecule has 1 spiro atoms. The molecule has 0 aliphatic heterocycles. The Kier molecular flexibility index (Phi) is 8.61. The van der Waals surface area contributed by atoms with Gasteiger partial charge in [0.2, 0.25) is 0 Å². The van der Waals surface area contributed by atoms with E-state index in [9.17, 15) is 0 Å². The third-order valence-corrected chi connectivity index (χ3v) is 15.5. The Hall–Kier alpha value is -9.24. The van der Waals surface area contributed by atoms with Crippen LogP contribution in [0.1, 0.15) is 22.3 Å². The van der Waals surface area contributed by atoms with Gasteiger partial charge in [0.1, 0.15) is 11.2 Å². The molecule has 0 N–H and O–H groups in total. The standard InChI is InChI=1S/C69H43NO/c1-2-17-47-42-50(32-31-44(47)15-1)49-19-13-18-48(41-49)45-33-37-52(38-34-45)70(64-29-12-8-20-53(64)51-36-40-66-59(43-51)57-39-35-46-16-3-4-21-54(46)68(57)71-66)65-30-14-28-63-67(65)58-24-7-11-27-62(58)69(63)60-25-9-5-22-55(60)56-23-6-10-26-61(56)69/h1-43H. The van der Waals surface area contributed by atoms with Crippen LogP contribution in [0.15, 0.2) is 265 Å². The monoisotopic (exact) mass is 901 g/mol. The number of anilines is 3. The zero-order chi connectivity index (χ0) is 46.6. The maximum atomic E-state index is 6.64. The number of nitrogens with zero attached hydrogens (tertiary/aromatic N) is 1. The Morgan fingerprint density at radius 2 is 0.845 bits per heavy atom. The number of rotatable bonds is 6. The summed E-state index contributed by atoms with van der Waals surface area (Å²) in [7, 11) is 0. The van der Waals surface area contributed by atoms with E-state index in [1.165, 1.54) is 77.4 Å². The summed E-state index contributed by atoms with van der Waals surface area (Å²) < 4.78 is 6.64. The SMILES string of the molecule is c1cc(-c2ccc(N(c3ccccc3-c3ccc4oc5c6ccccc6ccc5c4c3)c3cccc4c3-c3ccccc3C43c4ccccc4-c4ccccc43)cc2)cc(-c2ccc3ccccc3c2)c1. The summed E-state index contributed by atoms with van der Waals surface area (Å²) in [6.45, 7) is 0. The second kappa shape index (κ2) is 15.4. The van der Waals surface area contributed by atoms with Gasteiger partial charge in [0.15, 0.2) is 0 Å². The molecule has 12 aromatic carbocycles. The minimum atomic E-state index is -0.474. The van der Waals surface area contributed by atoms with Gasteiger partial charge in [-0.2, -0.15) is 0 Å². The fourth-order valence-corrected chi connectivity index (χ4v) is 12.4. The molecule has 2 nitrogen and oxygen atoms in total. The van der Waals surface area contributed by atoms with Crippen LogP contribution < -0.4 is 4.90 Å². The molecule has 2 aliphatic rings. The number of furan rings is 1. The average molecular weight is 902 g/mol. The van der Waals surface area contributed by atoms with E-state index < -0.39 is 5.41 Å². The molecule has 2 aliphatic carbocycles. The lowest BCUT2D eigenvalue weighted by Crippen LogP contribution is -2.26. The molecule has 15 rings (SSSR count). The highest BCUT2D eigenvalue weighted by molar-refractivity contribution is 6.16. The molecule has 0 amide bonds. The molecule has 0 bridgehead atoms. The molecular formula is C69H43NO. The van der Waals surface area contributed by atoms with Gasteiger partial charge in [0.25, 0.3) is 0 Å². The van der Waals surface area contributed by atoms with E-state index in [2.05, 4.69) is 266 Å². The summed E-state index contributed by atoms with van der Waals surface area (Å²) in [5, 5.41) is 7.02. The quantitative estimate of drug-likeness (QED) is 0.165. The van der Waals surface area contributed by atoms with Crippen molar-refractivity contribution in [1.29, 1.82) is 0 Å². The van der Waals surface area contributed by atoms with Gasteiger partial charge < -0.3 is 9.32 Å². The van der Waals surface area contributed by atoms with Crippen molar-refractivity contribution in [3.05, 3.63) is 283 Å². The predicted octanol–water partition coefficient (Wildman–Crippen LogP) is 18.7. The Labute approximate surface area is 412 Å². The summed E-state index contributed by atoms with van der Waals surface area (Å²) >= 11 is 0. The minimum Gasteiger partial charge on any atom is -0.455 e. The zero-order valence-electron chi connectivity index (χ0n) is 38.7. The molecule has 71 heavy (non-hydrogen) atoms. The molecule has 0 atom stereocenters. The number of para-hydroxylation sites is 1. The van der Waals surface area contributed by atoms with Crippen molar-refractivity contribution in [3.8, 4) is 55.6 Å². The topological polar surface area (TPSA) is 16.4 Å². The Balaban J connectivity index is 0.937. The van der Waals surface area contributed by atoms with E-state index in [4.69, 9.17) is 4.42 Å². The molecule has 0 radical (unpaired) electrons. The molecule has 330 valence electrons. The van der Waals surface area contributed by atoms with Gasteiger partial charge >= 0.3 is 0 Å². The van der Waals surface area contributed by atoms with E-state index in [-0.39, 0.29) is 0 Å². The van der Waals surface area contributed by atoms with E-state index in [0.29, 0.717) is 0 Å². The van der Waals surface area contributed by atoms with Crippen molar-refractivity contribution in [3.63, 3.8) is 0 Å². The van der Waals surface area contributed by atoms with Crippen molar-refractivity contribution in [2.45, 2.75) is 5.41 Å². The number of benzene rings is 12. The third-order valence-electron chi connectivity index (χ3n) is 15.5.